The van der Waals surface area contributed by atoms with E-state index in [1.807, 2.05) is 11.8 Å². The van der Waals surface area contributed by atoms with E-state index in [2.05, 4.69) is 26.8 Å². The highest BCUT2D eigenvalue weighted by Crippen LogP contribution is 2.22. The van der Waals surface area contributed by atoms with Crippen molar-refractivity contribution in [3.05, 3.63) is 44.6 Å². The van der Waals surface area contributed by atoms with E-state index in [4.69, 9.17) is 5.41 Å². The summed E-state index contributed by atoms with van der Waals surface area (Å²) < 4.78 is 4.26. The lowest BCUT2D eigenvalue weighted by Crippen LogP contribution is -2.40. The minimum absolute atomic E-state index is 0.0303. The second kappa shape index (κ2) is 8.18. The van der Waals surface area contributed by atoms with Crippen molar-refractivity contribution in [2.75, 3.05) is 18.0 Å². The van der Waals surface area contributed by atoms with E-state index in [0.717, 1.165) is 29.6 Å². The number of nitrogens with zero attached hydrogens (tertiary/aromatic N) is 7. The quantitative estimate of drug-likeness (QED) is 0.621. The molecule has 0 amide bonds. The van der Waals surface area contributed by atoms with Crippen LogP contribution in [0.15, 0.2) is 21.9 Å². The molecule has 0 spiro atoms. The van der Waals surface area contributed by atoms with E-state index < -0.39 is 11.2 Å². The van der Waals surface area contributed by atoms with Crippen LogP contribution in [0, 0.1) is 24.2 Å². The van der Waals surface area contributed by atoms with Crippen molar-refractivity contribution in [2.45, 2.75) is 39.8 Å². The first-order chi connectivity index (χ1) is 14.9. The number of fused-ring (bicyclic) bond motifs is 1. The topological polar surface area (TPSA) is 115 Å². The molecule has 0 atom stereocenters. The molecule has 4 heterocycles. The van der Waals surface area contributed by atoms with Gasteiger partial charge in [-0.1, -0.05) is 5.92 Å². The predicted molar refractivity (Wildman–Crippen MR) is 118 cm³/mol. The van der Waals surface area contributed by atoms with Crippen molar-refractivity contribution in [1.82, 2.24) is 28.7 Å². The normalized spacial score (nSPS) is 14.0. The van der Waals surface area contributed by atoms with E-state index in [1.54, 1.807) is 30.8 Å². The van der Waals surface area contributed by atoms with Gasteiger partial charge in [0.05, 0.1) is 19.6 Å². The number of piperidine rings is 1. The van der Waals surface area contributed by atoms with Crippen LogP contribution in [0.2, 0.25) is 0 Å². The number of aryl methyl sites for hydroxylation is 2. The Morgan fingerprint density at radius 3 is 2.74 bits per heavy atom. The zero-order chi connectivity index (χ0) is 22.1. The third kappa shape index (κ3) is 3.74. The average Bonchev–Trinajstić information content (AvgIpc) is 3.13. The maximum Gasteiger partial charge on any atom is 0.332 e. The highest BCUT2D eigenvalue weighted by molar-refractivity contribution is 5.87. The molecular formula is C21H24N8O2. The Hall–Kier alpha value is -3.74. The van der Waals surface area contributed by atoms with E-state index >= 15 is 0 Å². The molecule has 0 aromatic carbocycles. The van der Waals surface area contributed by atoms with Crippen molar-refractivity contribution >= 4 is 22.8 Å². The summed E-state index contributed by atoms with van der Waals surface area (Å²) >= 11 is 0. The zero-order valence-electron chi connectivity index (χ0n) is 17.8. The van der Waals surface area contributed by atoms with Crippen molar-refractivity contribution in [1.29, 1.82) is 5.41 Å². The summed E-state index contributed by atoms with van der Waals surface area (Å²) in [6.45, 7) is 4.97. The second-order valence-electron chi connectivity index (χ2n) is 7.57. The molecule has 0 unspecified atom stereocenters. The summed E-state index contributed by atoms with van der Waals surface area (Å²) in [6, 6.07) is 1.76. The van der Waals surface area contributed by atoms with Gasteiger partial charge in [-0.25, -0.2) is 14.8 Å². The van der Waals surface area contributed by atoms with Gasteiger partial charge < -0.3 is 10.3 Å². The first-order valence-electron chi connectivity index (χ1n) is 10.1. The van der Waals surface area contributed by atoms with Crippen LogP contribution in [0.5, 0.6) is 0 Å². The van der Waals surface area contributed by atoms with Crippen LogP contribution in [0.4, 0.5) is 5.95 Å². The van der Waals surface area contributed by atoms with E-state index in [0.29, 0.717) is 35.2 Å². The lowest BCUT2D eigenvalue weighted by molar-refractivity contribution is 0.630. The van der Waals surface area contributed by atoms with Gasteiger partial charge in [-0.15, -0.1) is 5.92 Å². The second-order valence-corrected chi connectivity index (χ2v) is 7.57. The average molecular weight is 420 g/mol. The maximum atomic E-state index is 13.5. The van der Waals surface area contributed by atoms with Crippen molar-refractivity contribution in [3.8, 4) is 11.8 Å². The fraction of sp³-hybridized carbons (Fsp3) is 0.429. The molecule has 3 aromatic rings. The molecule has 1 saturated heterocycles. The highest BCUT2D eigenvalue weighted by Gasteiger charge is 2.25. The van der Waals surface area contributed by atoms with Crippen LogP contribution in [0.25, 0.3) is 11.2 Å². The van der Waals surface area contributed by atoms with Crippen LogP contribution >= 0.6 is 0 Å². The summed E-state index contributed by atoms with van der Waals surface area (Å²) in [6.07, 6.45) is 3.21. The van der Waals surface area contributed by atoms with E-state index in [-0.39, 0.29) is 13.1 Å². The molecule has 1 aliphatic heterocycles. The number of nitrogens with one attached hydrogen (secondary N) is 1. The van der Waals surface area contributed by atoms with Gasteiger partial charge in [-0.2, -0.15) is 4.98 Å². The molecule has 10 heteroatoms. The van der Waals surface area contributed by atoms with Gasteiger partial charge in [0, 0.05) is 31.2 Å². The Kier molecular flexibility index (Phi) is 5.42. The summed E-state index contributed by atoms with van der Waals surface area (Å²) in [5, 5.41) is 8.06. The predicted octanol–water partition coefficient (Wildman–Crippen LogP) is 0.687. The Labute approximate surface area is 178 Å². The van der Waals surface area contributed by atoms with Crippen LogP contribution in [-0.2, 0) is 20.1 Å². The Bertz CT molecular complexity index is 1350. The van der Waals surface area contributed by atoms with Gasteiger partial charge in [-0.3, -0.25) is 18.5 Å². The lowest BCUT2D eigenvalue weighted by Gasteiger charge is -2.28. The molecule has 0 bridgehead atoms. The molecule has 31 heavy (non-hydrogen) atoms. The fourth-order valence-electron chi connectivity index (χ4n) is 3.81. The first-order valence-corrected chi connectivity index (χ1v) is 10.1. The molecule has 1 N–H and O–H groups in total. The molecule has 0 saturated carbocycles. The Morgan fingerprint density at radius 2 is 2.03 bits per heavy atom. The van der Waals surface area contributed by atoms with Crippen LogP contribution in [0.1, 0.15) is 31.3 Å². The summed E-state index contributed by atoms with van der Waals surface area (Å²) in [7, 11) is 1.60. The zero-order valence-corrected chi connectivity index (χ0v) is 17.8. The molecule has 0 radical (unpaired) electrons. The molecule has 1 fully saturated rings. The molecule has 1 aliphatic rings. The SMILES string of the molecule is CC#CCn1c(N2CCCC(=N)C2)nc2c1c(=O)n(Cc1nccc(C)n1)c(=O)n2C. The van der Waals surface area contributed by atoms with E-state index in [1.165, 1.54) is 4.57 Å². The molecule has 0 aliphatic carbocycles. The maximum absolute atomic E-state index is 13.5. The Balaban J connectivity index is 1.94. The number of anilines is 1. The van der Waals surface area contributed by atoms with Gasteiger partial charge in [0.15, 0.2) is 11.2 Å². The number of aromatic nitrogens is 6. The van der Waals surface area contributed by atoms with E-state index in [9.17, 15) is 9.59 Å². The van der Waals surface area contributed by atoms with Gasteiger partial charge in [-0.05, 0) is 32.8 Å². The number of hydrogen-bond donors (Lipinski definition) is 1. The summed E-state index contributed by atoms with van der Waals surface area (Å²) in [5.74, 6) is 6.81. The summed E-state index contributed by atoms with van der Waals surface area (Å²) in [5.41, 5.74) is 1.06. The smallest absolute Gasteiger partial charge is 0.332 e. The minimum atomic E-state index is -0.480. The third-order valence-electron chi connectivity index (χ3n) is 5.34. The summed E-state index contributed by atoms with van der Waals surface area (Å²) in [4.78, 5) is 41.6. The third-order valence-corrected chi connectivity index (χ3v) is 5.34. The van der Waals surface area contributed by atoms with Crippen LogP contribution < -0.4 is 16.1 Å². The van der Waals surface area contributed by atoms with Crippen LogP contribution in [-0.4, -0.2) is 47.5 Å². The molecule has 10 nitrogen and oxygen atoms in total. The van der Waals surface area contributed by atoms with Crippen molar-refractivity contribution in [3.63, 3.8) is 0 Å². The fourth-order valence-corrected chi connectivity index (χ4v) is 3.81. The molecular weight excluding hydrogens is 396 g/mol. The minimum Gasteiger partial charge on any atom is -0.337 e. The van der Waals surface area contributed by atoms with Gasteiger partial charge in [0.25, 0.3) is 5.56 Å². The van der Waals surface area contributed by atoms with Gasteiger partial charge in [0.1, 0.15) is 5.82 Å². The first kappa shape index (κ1) is 20.5. The number of hydrogen-bond acceptors (Lipinski definition) is 7. The monoisotopic (exact) mass is 420 g/mol. The van der Waals surface area contributed by atoms with Crippen LogP contribution in [0.3, 0.4) is 0 Å². The molecule has 4 rings (SSSR count). The molecule has 3 aromatic heterocycles. The Morgan fingerprint density at radius 1 is 1.23 bits per heavy atom. The number of rotatable bonds is 4. The van der Waals surface area contributed by atoms with Crippen molar-refractivity contribution < 1.29 is 0 Å². The molecule has 160 valence electrons. The standard InChI is InChI=1S/C21H24N8O2/c1-4-5-11-28-17-18(25-20(28)27-10-6-7-15(22)12-27)26(3)21(31)29(19(17)30)13-16-23-9-8-14(2)24-16/h8-9,22H,6-7,10-13H2,1-3H3. The highest BCUT2D eigenvalue weighted by atomic mass is 16.2. The number of imidazole rings is 1. The largest absolute Gasteiger partial charge is 0.337 e. The van der Waals surface area contributed by atoms with Crippen molar-refractivity contribution in [2.24, 2.45) is 7.05 Å². The van der Waals surface area contributed by atoms with Gasteiger partial charge >= 0.3 is 5.69 Å². The lowest BCUT2D eigenvalue weighted by atomic mass is 10.1. The van der Waals surface area contributed by atoms with Gasteiger partial charge in [0.2, 0.25) is 5.95 Å².